The van der Waals surface area contributed by atoms with Crippen LogP contribution in [0, 0.1) is 0 Å². The van der Waals surface area contributed by atoms with Gasteiger partial charge in [-0.15, -0.1) is 0 Å². The highest BCUT2D eigenvalue weighted by atomic mass is 15.1. The van der Waals surface area contributed by atoms with Gasteiger partial charge < -0.3 is 0 Å². The number of imidazole rings is 1. The van der Waals surface area contributed by atoms with Crippen molar-refractivity contribution < 1.29 is 0 Å². The smallest absolute Gasteiger partial charge is 0.145 e. The molecule has 147 heavy (non-hydrogen) atoms. The van der Waals surface area contributed by atoms with E-state index >= 15 is 0 Å². The van der Waals surface area contributed by atoms with Crippen LogP contribution in [-0.4, -0.2) is 29.5 Å². The number of benzene rings is 24. The molecule has 5 heterocycles. The lowest BCUT2D eigenvalue weighted by Crippen LogP contribution is -1.98. The largest absolute Gasteiger partial charge is 0.292 e. The molecule has 6 nitrogen and oxygen atoms in total. The van der Waals surface area contributed by atoms with Gasteiger partial charge in [-0.1, -0.05) is 413 Å². The summed E-state index contributed by atoms with van der Waals surface area (Å²) in [5, 5.41) is 28.3. The zero-order chi connectivity index (χ0) is 97.2. The highest BCUT2D eigenvalue weighted by Crippen LogP contribution is 2.52. The fourth-order valence-electron chi connectivity index (χ4n) is 22.5. The van der Waals surface area contributed by atoms with Gasteiger partial charge in [-0.2, -0.15) is 0 Å². The maximum absolute atomic E-state index is 5.25. The van der Waals surface area contributed by atoms with Crippen molar-refractivity contribution in [3.63, 3.8) is 0 Å². The molecule has 684 valence electrons. The molecule has 0 amide bonds. The van der Waals surface area contributed by atoms with Crippen molar-refractivity contribution in [3.8, 4) is 140 Å². The number of para-hydroxylation sites is 4. The molecule has 0 radical (unpaired) electrons. The molecule has 0 unspecified atom stereocenters. The van der Waals surface area contributed by atoms with E-state index in [-0.39, 0.29) is 0 Å². The van der Waals surface area contributed by atoms with Gasteiger partial charge in [-0.3, -0.25) is 24.5 Å². The number of fused-ring (bicyclic) bond motifs is 13. The van der Waals surface area contributed by atoms with Crippen LogP contribution in [0.4, 0.5) is 0 Å². The second kappa shape index (κ2) is 37.2. The average Bonchev–Trinajstić information content (AvgIpc) is 0.794. The van der Waals surface area contributed by atoms with E-state index in [9.17, 15) is 0 Å². The lowest BCUT2D eigenvalue weighted by molar-refractivity contribution is 1.10. The first-order valence-electron chi connectivity index (χ1n) is 50.2. The number of pyridine rings is 4. The molecule has 24 aromatic carbocycles. The Hall–Kier alpha value is -19.5. The van der Waals surface area contributed by atoms with E-state index in [1.165, 1.54) is 196 Å². The molecule has 29 rings (SSSR count). The molecule has 0 saturated heterocycles. The first-order chi connectivity index (χ1) is 72.9. The summed E-state index contributed by atoms with van der Waals surface area (Å²) in [4.78, 5) is 23.8. The van der Waals surface area contributed by atoms with Gasteiger partial charge >= 0.3 is 0 Å². The Balaban J connectivity index is 0.000000109. The second-order valence-electron chi connectivity index (χ2n) is 38.0. The minimum atomic E-state index is 0.911. The Bertz CT molecular complexity index is 10200. The van der Waals surface area contributed by atoms with E-state index in [2.05, 4.69) is 499 Å². The molecular weight excluding hydrogens is 1780 g/mol. The first kappa shape index (κ1) is 86.6. The van der Waals surface area contributed by atoms with E-state index in [1.807, 2.05) is 67.4 Å². The van der Waals surface area contributed by atoms with Gasteiger partial charge in [0.2, 0.25) is 0 Å². The monoisotopic (exact) mass is 1870 g/mol. The molecule has 0 fully saturated rings. The second-order valence-corrected chi connectivity index (χ2v) is 38.0. The standard InChI is InChI=1S/C48H30N2.C47H30N2.C46H30N2/c1-3-11-33-25-37(19-17-31(33)9-1)47-41-14-6-7-15-42(41)48(38-20-18-32-10-2-4-12-34(32)26-38)44-28-35(21-23-43(44)47)39-22-24-46(49-29-39)40-27-36-13-5-8-16-45(36)50-30-40;1-2-16-38(17-3-1)49-44-21-11-10-20-43(44)48-47(49)37-26-27-41-42(30-37)46(36-25-23-32-13-5-7-15-34(32)29-36)40-19-9-8-18-39(40)45(41)35-24-22-31-12-4-6-14-33(31)28-35;1-2-12-38-32(9-1)10-7-15-39(38)36-25-26-42-43(29-36)46(35-21-17-31(18-22-35)37-11-8-27-47-30-37)41-14-4-3-13-40(41)45(42)34-23-19-33(20-24-34)44-16-5-6-28-48-44/h1-30H;1-30H;1-30H. The van der Waals surface area contributed by atoms with Gasteiger partial charge in [0.15, 0.2) is 0 Å². The van der Waals surface area contributed by atoms with Crippen molar-refractivity contribution in [2.75, 3.05) is 0 Å². The van der Waals surface area contributed by atoms with E-state index in [0.29, 0.717) is 0 Å². The Kier molecular flexibility index (Phi) is 21.9. The van der Waals surface area contributed by atoms with Gasteiger partial charge in [0.25, 0.3) is 0 Å². The van der Waals surface area contributed by atoms with Gasteiger partial charge in [-0.25, -0.2) is 4.98 Å². The highest BCUT2D eigenvalue weighted by molar-refractivity contribution is 6.26. The van der Waals surface area contributed by atoms with Gasteiger partial charge in [0.05, 0.1) is 27.9 Å². The predicted molar refractivity (Wildman–Crippen MR) is 620 cm³/mol. The molecule has 29 aromatic rings. The van der Waals surface area contributed by atoms with Gasteiger partial charge in [0.1, 0.15) is 5.82 Å². The first-order valence-corrected chi connectivity index (χ1v) is 50.2. The van der Waals surface area contributed by atoms with Crippen LogP contribution in [0.15, 0.2) is 547 Å². The zero-order valence-electron chi connectivity index (χ0n) is 80.1. The third kappa shape index (κ3) is 16.0. The molecule has 0 spiro atoms. The topological polar surface area (TPSA) is 69.4 Å². The van der Waals surface area contributed by atoms with E-state index in [0.717, 1.165) is 83.8 Å². The molecule has 0 aliphatic rings. The summed E-state index contributed by atoms with van der Waals surface area (Å²) >= 11 is 0. The van der Waals surface area contributed by atoms with E-state index in [1.54, 1.807) is 0 Å². The summed E-state index contributed by atoms with van der Waals surface area (Å²) in [6.45, 7) is 0. The fourth-order valence-corrected chi connectivity index (χ4v) is 22.5. The normalized spacial score (nSPS) is 11.5. The number of rotatable bonds is 13. The van der Waals surface area contributed by atoms with Crippen LogP contribution >= 0.6 is 0 Å². The Labute approximate surface area is 850 Å². The van der Waals surface area contributed by atoms with Crippen LogP contribution in [0.5, 0.6) is 0 Å². The summed E-state index contributed by atoms with van der Waals surface area (Å²) in [6.07, 6.45) is 9.49. The third-order valence-electron chi connectivity index (χ3n) is 29.4. The van der Waals surface area contributed by atoms with Gasteiger partial charge in [-0.05, 0) is 316 Å². The number of hydrogen-bond acceptors (Lipinski definition) is 5. The zero-order valence-corrected chi connectivity index (χ0v) is 80.1. The summed E-state index contributed by atoms with van der Waals surface area (Å²) in [5.41, 5.74) is 30.9. The summed E-state index contributed by atoms with van der Waals surface area (Å²) in [5.74, 6) is 0.930. The van der Waals surface area contributed by atoms with E-state index in [4.69, 9.17) is 9.97 Å². The van der Waals surface area contributed by atoms with Crippen LogP contribution in [0.1, 0.15) is 0 Å². The third-order valence-corrected chi connectivity index (χ3v) is 29.4. The van der Waals surface area contributed by atoms with Crippen molar-refractivity contribution in [1.29, 1.82) is 0 Å². The van der Waals surface area contributed by atoms with Crippen molar-refractivity contribution in [2.45, 2.75) is 0 Å². The van der Waals surface area contributed by atoms with Crippen LogP contribution < -0.4 is 0 Å². The minimum Gasteiger partial charge on any atom is -0.292 e. The quantitative estimate of drug-likeness (QED) is 0.108. The Morgan fingerprint density at radius 2 is 0.517 bits per heavy atom. The lowest BCUT2D eigenvalue weighted by atomic mass is 9.84. The summed E-state index contributed by atoms with van der Waals surface area (Å²) in [6, 6.07) is 186. The molecule has 5 aromatic heterocycles. The number of nitrogens with zero attached hydrogens (tertiary/aromatic N) is 6. The SMILES string of the molecule is c1ccc(-c2ccc(-c3c4ccccc4c(-c4ccc(-c5cccnc5)cc4)c4cc(-c5cccc6ccccc56)ccc34)cc2)nc1.c1ccc(-n2c(-c3ccc4c(-c5ccc6ccccc6c5)c5ccccc5c(-c5ccc6ccccc6c5)c4c3)nc3ccccc32)cc1.c1ccc2cc(-c3c4ccccc4c(-c4ccc5ccccc5c4)c4cc(-c5ccc(-c6cnc7ccccc7c6)nc5)ccc34)ccc2c1. The van der Waals surface area contributed by atoms with Crippen molar-refractivity contribution in [1.82, 2.24) is 29.5 Å². The highest BCUT2D eigenvalue weighted by Gasteiger charge is 2.26. The molecule has 6 heteroatoms. The van der Waals surface area contributed by atoms with Crippen molar-refractivity contribution >= 4 is 140 Å². The Morgan fingerprint density at radius 3 is 1.03 bits per heavy atom. The van der Waals surface area contributed by atoms with Crippen molar-refractivity contribution in [2.24, 2.45) is 0 Å². The molecule has 0 atom stereocenters. The molecule has 0 N–H and O–H groups in total. The van der Waals surface area contributed by atoms with Crippen LogP contribution in [-0.2, 0) is 0 Å². The van der Waals surface area contributed by atoms with Crippen molar-refractivity contribution in [3.05, 3.63) is 547 Å². The molecule has 0 bridgehead atoms. The number of aromatic nitrogens is 6. The Morgan fingerprint density at radius 1 is 0.156 bits per heavy atom. The summed E-state index contributed by atoms with van der Waals surface area (Å²) < 4.78 is 2.29. The van der Waals surface area contributed by atoms with Crippen LogP contribution in [0.3, 0.4) is 0 Å². The average molecular weight is 1870 g/mol. The lowest BCUT2D eigenvalue weighted by Gasteiger charge is -2.19. The molecule has 0 saturated carbocycles. The van der Waals surface area contributed by atoms with Gasteiger partial charge in [0, 0.05) is 64.3 Å². The predicted octanol–water partition coefficient (Wildman–Crippen LogP) is 37.8. The maximum Gasteiger partial charge on any atom is 0.145 e. The molecule has 0 aliphatic heterocycles. The van der Waals surface area contributed by atoms with E-state index < -0.39 is 0 Å². The fraction of sp³-hybridized carbons (Fsp3) is 0. The maximum atomic E-state index is 5.25. The molecular formula is C141H90N6. The van der Waals surface area contributed by atoms with Crippen LogP contribution in [0.2, 0.25) is 0 Å². The summed E-state index contributed by atoms with van der Waals surface area (Å²) in [7, 11) is 0. The van der Waals surface area contributed by atoms with Crippen LogP contribution in [0.25, 0.3) is 280 Å². The molecule has 0 aliphatic carbocycles. The number of hydrogen-bond donors (Lipinski definition) is 0. The minimum absolute atomic E-state index is 0.911.